The predicted octanol–water partition coefficient (Wildman–Crippen LogP) is 3.73. The van der Waals surface area contributed by atoms with Crippen LogP contribution in [0, 0.1) is 11.2 Å². The van der Waals surface area contributed by atoms with Crippen LogP contribution in [0.3, 0.4) is 0 Å². The van der Waals surface area contributed by atoms with Gasteiger partial charge in [0.2, 0.25) is 10.0 Å². The lowest BCUT2D eigenvalue weighted by Gasteiger charge is -2.32. The van der Waals surface area contributed by atoms with E-state index in [0.29, 0.717) is 29.5 Å². The molecule has 0 aromatic heterocycles. The molecule has 6 nitrogen and oxygen atoms in total. The van der Waals surface area contributed by atoms with Gasteiger partial charge in [0.25, 0.3) is 6.43 Å². The van der Waals surface area contributed by atoms with Crippen LogP contribution in [0.1, 0.15) is 18.4 Å². The van der Waals surface area contributed by atoms with E-state index >= 15 is 4.39 Å². The van der Waals surface area contributed by atoms with Crippen LogP contribution in [0.15, 0.2) is 48.5 Å². The van der Waals surface area contributed by atoms with Crippen molar-refractivity contribution in [1.82, 2.24) is 14.5 Å². The van der Waals surface area contributed by atoms with Gasteiger partial charge >= 0.3 is 6.03 Å². The Labute approximate surface area is 197 Å². The highest BCUT2D eigenvalue weighted by Gasteiger charge is 2.61. The highest BCUT2D eigenvalue weighted by Crippen LogP contribution is 2.55. The molecule has 2 aromatic rings. The first kappa shape index (κ1) is 24.5. The number of urea groups is 1. The average molecular weight is 496 g/mol. The molecule has 0 radical (unpaired) electrons. The van der Waals surface area contributed by atoms with Crippen molar-refractivity contribution in [1.29, 1.82) is 0 Å². The second kappa shape index (κ2) is 9.22. The maximum Gasteiger partial charge on any atom is 0.320 e. The third-order valence-corrected chi connectivity index (χ3v) is 7.42. The molecule has 2 amide bonds. The van der Waals surface area contributed by atoms with E-state index < -0.39 is 52.3 Å². The van der Waals surface area contributed by atoms with Crippen LogP contribution in [0.25, 0.3) is 11.1 Å². The van der Waals surface area contributed by atoms with E-state index in [2.05, 4.69) is 4.72 Å². The Balaban J connectivity index is 1.70. The minimum Gasteiger partial charge on any atom is -0.322 e. The highest BCUT2D eigenvalue weighted by atomic mass is 32.2. The van der Waals surface area contributed by atoms with Gasteiger partial charge in [-0.15, -0.1) is 0 Å². The Morgan fingerprint density at radius 2 is 1.85 bits per heavy atom. The molecule has 34 heavy (non-hydrogen) atoms. The van der Waals surface area contributed by atoms with Crippen molar-refractivity contribution < 1.29 is 26.4 Å². The van der Waals surface area contributed by atoms with Crippen LogP contribution < -0.4 is 4.72 Å². The fraction of sp³-hybridized carbons (Fsp3) is 0.458. The fourth-order valence-electron chi connectivity index (χ4n) is 4.95. The number of hydrogen-bond donors (Lipinski definition) is 1. The van der Waals surface area contributed by atoms with Gasteiger partial charge in [-0.25, -0.2) is 31.1 Å². The SMILES string of the molecule is CN(CC(F)F)C(=O)N1CC2(CC2)[C@H](NS(C)(=O)=O)[C@@H]1Cc1cccc(-c2ccccc2)c1F. The van der Waals surface area contributed by atoms with Crippen LogP contribution in [-0.2, 0) is 16.4 Å². The number of nitrogens with one attached hydrogen (secondary N) is 1. The number of benzene rings is 2. The van der Waals surface area contributed by atoms with Crippen LogP contribution in [0.4, 0.5) is 18.0 Å². The molecule has 2 aliphatic rings. The number of alkyl halides is 2. The largest absolute Gasteiger partial charge is 0.322 e. The van der Waals surface area contributed by atoms with Crippen LogP contribution in [-0.4, -0.2) is 69.2 Å². The molecule has 1 N–H and O–H groups in total. The van der Waals surface area contributed by atoms with Crippen molar-refractivity contribution in [3.05, 3.63) is 59.9 Å². The fourth-order valence-corrected chi connectivity index (χ4v) is 5.82. The Bertz CT molecular complexity index is 1160. The summed E-state index contributed by atoms with van der Waals surface area (Å²) >= 11 is 0. The summed E-state index contributed by atoms with van der Waals surface area (Å²) < 4.78 is 68.5. The number of carbonyl (C=O) groups excluding carboxylic acids is 1. The summed E-state index contributed by atoms with van der Waals surface area (Å²) in [5.74, 6) is -0.447. The molecular formula is C24H28F3N3O3S. The normalized spacial score (nSPS) is 21.3. The van der Waals surface area contributed by atoms with Crippen LogP contribution in [0.5, 0.6) is 0 Å². The summed E-state index contributed by atoms with van der Waals surface area (Å²) in [6, 6.07) is 12.1. The molecule has 184 valence electrons. The van der Waals surface area contributed by atoms with Gasteiger partial charge in [0.05, 0.1) is 18.8 Å². The van der Waals surface area contributed by atoms with Gasteiger partial charge in [0.15, 0.2) is 0 Å². The smallest absolute Gasteiger partial charge is 0.320 e. The number of likely N-dealkylation sites (tertiary alicyclic amines) is 1. The van der Waals surface area contributed by atoms with Gasteiger partial charge in [0, 0.05) is 30.6 Å². The molecule has 0 unspecified atom stereocenters. The van der Waals surface area contributed by atoms with E-state index in [1.165, 1.54) is 11.9 Å². The average Bonchev–Trinajstić information content (AvgIpc) is 3.49. The molecule has 1 saturated carbocycles. The van der Waals surface area contributed by atoms with Gasteiger partial charge in [0.1, 0.15) is 5.82 Å². The van der Waals surface area contributed by atoms with E-state index in [4.69, 9.17) is 0 Å². The minimum atomic E-state index is -3.63. The standard InChI is InChI=1S/C24H28F3N3O3S/c1-29(14-20(25)26)23(31)30-15-24(11-12-24)22(28-34(2,32)33)19(30)13-17-9-6-10-18(21(17)27)16-7-4-3-5-8-16/h3-10,19-20,22,28H,11-15H2,1-2H3/t19-,22+/m0/s1. The zero-order valence-electron chi connectivity index (χ0n) is 19.0. The van der Waals surface area contributed by atoms with Crippen molar-refractivity contribution in [3.8, 4) is 11.1 Å². The zero-order valence-corrected chi connectivity index (χ0v) is 19.9. The molecule has 2 fully saturated rings. The van der Waals surface area contributed by atoms with E-state index in [1.807, 2.05) is 6.07 Å². The molecule has 1 spiro atoms. The molecule has 1 saturated heterocycles. The summed E-state index contributed by atoms with van der Waals surface area (Å²) in [6.07, 6.45) is -0.202. The molecular weight excluding hydrogens is 467 g/mol. The highest BCUT2D eigenvalue weighted by molar-refractivity contribution is 7.88. The number of sulfonamides is 1. The Kier molecular flexibility index (Phi) is 6.65. The van der Waals surface area contributed by atoms with Crippen molar-refractivity contribution in [3.63, 3.8) is 0 Å². The number of carbonyl (C=O) groups is 1. The summed E-state index contributed by atoms with van der Waals surface area (Å²) in [6.45, 7) is -0.506. The van der Waals surface area contributed by atoms with Gasteiger partial charge in [-0.2, -0.15) is 0 Å². The van der Waals surface area contributed by atoms with E-state index in [1.54, 1.807) is 42.5 Å². The molecule has 1 heterocycles. The van der Waals surface area contributed by atoms with Gasteiger partial charge in [-0.05, 0) is 30.4 Å². The quantitative estimate of drug-likeness (QED) is 0.637. The van der Waals surface area contributed by atoms with Crippen molar-refractivity contribution in [2.75, 3.05) is 26.4 Å². The van der Waals surface area contributed by atoms with Gasteiger partial charge in [-0.3, -0.25) is 0 Å². The maximum absolute atomic E-state index is 15.6. The number of hydrogen-bond acceptors (Lipinski definition) is 3. The number of nitrogens with zero attached hydrogens (tertiary/aromatic N) is 2. The number of halogens is 3. The Hall–Kier alpha value is -2.59. The summed E-state index contributed by atoms with van der Waals surface area (Å²) in [7, 11) is -2.34. The lowest BCUT2D eigenvalue weighted by Crippen LogP contribution is -2.52. The summed E-state index contributed by atoms with van der Waals surface area (Å²) in [5.41, 5.74) is 0.960. The van der Waals surface area contributed by atoms with Gasteiger partial charge < -0.3 is 9.80 Å². The maximum atomic E-state index is 15.6. The first-order chi connectivity index (χ1) is 16.0. The molecule has 2 aromatic carbocycles. The third-order valence-electron chi connectivity index (χ3n) is 6.74. The van der Waals surface area contributed by atoms with Crippen molar-refractivity contribution in [2.45, 2.75) is 37.8 Å². The summed E-state index contributed by atoms with van der Waals surface area (Å²) in [4.78, 5) is 15.5. The van der Waals surface area contributed by atoms with Crippen LogP contribution >= 0.6 is 0 Å². The minimum absolute atomic E-state index is 0.0513. The second-order valence-corrected chi connectivity index (χ2v) is 11.1. The van der Waals surface area contributed by atoms with E-state index in [0.717, 1.165) is 11.2 Å². The Morgan fingerprint density at radius 1 is 1.18 bits per heavy atom. The van der Waals surface area contributed by atoms with Gasteiger partial charge in [-0.1, -0.05) is 48.5 Å². The molecule has 0 bridgehead atoms. The predicted molar refractivity (Wildman–Crippen MR) is 123 cm³/mol. The van der Waals surface area contributed by atoms with E-state index in [9.17, 15) is 22.0 Å². The molecule has 2 atom stereocenters. The topological polar surface area (TPSA) is 69.7 Å². The summed E-state index contributed by atoms with van der Waals surface area (Å²) in [5, 5.41) is 0. The first-order valence-electron chi connectivity index (χ1n) is 11.1. The van der Waals surface area contributed by atoms with E-state index in [-0.39, 0.29) is 13.0 Å². The van der Waals surface area contributed by atoms with Crippen molar-refractivity contribution >= 4 is 16.1 Å². The molecule has 4 rings (SSSR count). The van der Waals surface area contributed by atoms with Crippen molar-refractivity contribution in [2.24, 2.45) is 5.41 Å². The zero-order chi connectivity index (χ0) is 24.7. The van der Waals surface area contributed by atoms with Crippen LogP contribution in [0.2, 0.25) is 0 Å². The third kappa shape index (κ3) is 5.07. The molecule has 1 aliphatic carbocycles. The first-order valence-corrected chi connectivity index (χ1v) is 13.0. The number of amides is 2. The monoisotopic (exact) mass is 495 g/mol. The second-order valence-electron chi connectivity index (χ2n) is 9.33. The number of rotatable bonds is 7. The Morgan fingerprint density at radius 3 is 2.44 bits per heavy atom. The molecule has 1 aliphatic heterocycles. The lowest BCUT2D eigenvalue weighted by atomic mass is 9.91. The lowest BCUT2D eigenvalue weighted by molar-refractivity contribution is 0.0922. The molecule has 10 heteroatoms.